The van der Waals surface area contributed by atoms with Crippen LogP contribution in [-0.2, 0) is 0 Å². The monoisotopic (exact) mass is 203 g/mol. The summed E-state index contributed by atoms with van der Waals surface area (Å²) < 4.78 is 5.15. The van der Waals surface area contributed by atoms with Crippen LogP contribution in [0.5, 0.6) is 5.75 Å². The molecule has 0 N–H and O–H groups in total. The molecule has 0 aliphatic carbocycles. The van der Waals surface area contributed by atoms with Crippen LogP contribution in [0.4, 0.5) is 0 Å². The molecule has 0 bridgehead atoms. The molecule has 0 aromatic heterocycles. The van der Waals surface area contributed by atoms with Gasteiger partial charge < -0.3 is 4.74 Å². The lowest BCUT2D eigenvalue weighted by molar-refractivity contribution is 0.411. The van der Waals surface area contributed by atoms with Crippen molar-refractivity contribution in [3.8, 4) is 5.75 Å². The number of aryl methyl sites for hydroxylation is 1. The first-order chi connectivity index (χ1) is 7.27. The van der Waals surface area contributed by atoms with Gasteiger partial charge in [-0.25, -0.2) is 0 Å². The molecule has 0 radical (unpaired) electrons. The molecule has 4 heteroatoms. The second kappa shape index (κ2) is 5.73. The van der Waals surface area contributed by atoms with Gasteiger partial charge in [0.05, 0.1) is 7.11 Å². The summed E-state index contributed by atoms with van der Waals surface area (Å²) in [6.45, 7) is 2.37. The Morgan fingerprint density at radius 3 is 2.93 bits per heavy atom. The number of methoxy groups -OCH3 is 1. The topological polar surface area (TPSA) is 58.0 Å². The molecule has 0 atom stereocenters. The van der Waals surface area contributed by atoms with Crippen LogP contribution in [0.3, 0.4) is 0 Å². The molecule has 1 aromatic rings. The zero-order valence-corrected chi connectivity index (χ0v) is 8.84. The Bertz CT molecular complexity index is 406. The summed E-state index contributed by atoms with van der Waals surface area (Å²) in [5.74, 6) is 0.877. The van der Waals surface area contributed by atoms with Crippen molar-refractivity contribution in [3.05, 3.63) is 45.8 Å². The zero-order valence-electron chi connectivity index (χ0n) is 8.84. The maximum Gasteiger partial charge on any atom is 0.121 e. The van der Waals surface area contributed by atoms with E-state index < -0.39 is 0 Å². The summed E-state index contributed by atoms with van der Waals surface area (Å²) in [6, 6.07) is 5.90. The predicted molar refractivity (Wildman–Crippen MR) is 60.8 cm³/mol. The lowest BCUT2D eigenvalue weighted by Gasteiger charge is -2.04. The maximum atomic E-state index is 8.08. The van der Waals surface area contributed by atoms with Gasteiger partial charge >= 0.3 is 0 Å². The van der Waals surface area contributed by atoms with Gasteiger partial charge in [0.25, 0.3) is 0 Å². The van der Waals surface area contributed by atoms with Gasteiger partial charge in [-0.05, 0) is 35.7 Å². The fraction of sp³-hybridized carbons (Fsp3) is 0.273. The van der Waals surface area contributed by atoms with Crippen molar-refractivity contribution >= 4 is 6.08 Å². The van der Waals surface area contributed by atoms with Gasteiger partial charge in [-0.15, -0.1) is 0 Å². The summed E-state index contributed by atoms with van der Waals surface area (Å²) in [4.78, 5) is 2.67. The standard InChI is InChI=1S/C11H13N3O/c1-9-8-10(4-3-7-13-14-12)5-6-11(9)15-2/h3-6,8H,7H2,1-2H3. The van der Waals surface area contributed by atoms with Gasteiger partial charge in [0.2, 0.25) is 0 Å². The normalized spacial score (nSPS) is 10.0. The Kier molecular flexibility index (Phi) is 4.26. The molecular formula is C11H13N3O. The average Bonchev–Trinajstić information content (AvgIpc) is 2.25. The highest BCUT2D eigenvalue weighted by Crippen LogP contribution is 2.18. The lowest BCUT2D eigenvalue weighted by atomic mass is 10.1. The first-order valence-corrected chi connectivity index (χ1v) is 4.60. The third-order valence-corrected chi connectivity index (χ3v) is 1.98. The van der Waals surface area contributed by atoms with E-state index in [0.29, 0.717) is 6.54 Å². The first-order valence-electron chi connectivity index (χ1n) is 4.60. The molecule has 0 heterocycles. The van der Waals surface area contributed by atoms with Gasteiger partial charge in [0.1, 0.15) is 5.75 Å². The van der Waals surface area contributed by atoms with E-state index >= 15 is 0 Å². The molecule has 0 aliphatic heterocycles. The van der Waals surface area contributed by atoms with Crippen molar-refractivity contribution in [2.75, 3.05) is 13.7 Å². The van der Waals surface area contributed by atoms with E-state index in [-0.39, 0.29) is 0 Å². The Labute approximate surface area is 88.8 Å². The maximum absolute atomic E-state index is 8.08. The van der Waals surface area contributed by atoms with Crippen molar-refractivity contribution in [2.45, 2.75) is 6.92 Å². The van der Waals surface area contributed by atoms with Gasteiger partial charge in [0, 0.05) is 11.5 Å². The highest BCUT2D eigenvalue weighted by atomic mass is 16.5. The minimum atomic E-state index is 0.377. The zero-order chi connectivity index (χ0) is 11.1. The molecule has 0 unspecified atom stereocenters. The number of ether oxygens (including phenoxy) is 1. The van der Waals surface area contributed by atoms with Crippen LogP contribution in [0, 0.1) is 6.92 Å². The largest absolute Gasteiger partial charge is 0.496 e. The average molecular weight is 203 g/mol. The minimum absolute atomic E-state index is 0.377. The predicted octanol–water partition coefficient (Wildman–Crippen LogP) is 3.33. The van der Waals surface area contributed by atoms with Crippen LogP contribution in [0.2, 0.25) is 0 Å². The van der Waals surface area contributed by atoms with E-state index in [9.17, 15) is 0 Å². The van der Waals surface area contributed by atoms with Crippen LogP contribution in [-0.4, -0.2) is 13.7 Å². The van der Waals surface area contributed by atoms with Crippen LogP contribution < -0.4 is 4.74 Å². The van der Waals surface area contributed by atoms with Gasteiger partial charge in [-0.1, -0.05) is 23.3 Å². The number of nitrogens with zero attached hydrogens (tertiary/aromatic N) is 3. The van der Waals surface area contributed by atoms with Crippen LogP contribution in [0.25, 0.3) is 16.5 Å². The summed E-state index contributed by atoms with van der Waals surface area (Å²) in [6.07, 6.45) is 3.74. The summed E-state index contributed by atoms with van der Waals surface area (Å²) in [5, 5.41) is 3.41. The molecule has 0 amide bonds. The van der Waals surface area contributed by atoms with Crippen molar-refractivity contribution in [2.24, 2.45) is 5.11 Å². The smallest absolute Gasteiger partial charge is 0.121 e. The van der Waals surface area contributed by atoms with Crippen molar-refractivity contribution < 1.29 is 4.74 Å². The van der Waals surface area contributed by atoms with Crippen LogP contribution in [0.1, 0.15) is 11.1 Å². The van der Waals surface area contributed by atoms with Crippen molar-refractivity contribution in [3.63, 3.8) is 0 Å². The molecule has 0 spiro atoms. The summed E-state index contributed by atoms with van der Waals surface area (Å²) in [5.41, 5.74) is 10.2. The molecule has 4 nitrogen and oxygen atoms in total. The Hall–Kier alpha value is -1.93. The molecule has 78 valence electrons. The number of benzene rings is 1. The van der Waals surface area contributed by atoms with Crippen LogP contribution >= 0.6 is 0 Å². The third kappa shape index (κ3) is 3.37. The molecule has 0 fully saturated rings. The number of hydrogen-bond donors (Lipinski definition) is 0. The molecule has 1 aromatic carbocycles. The molecule has 1 rings (SSSR count). The van der Waals surface area contributed by atoms with E-state index in [2.05, 4.69) is 10.0 Å². The third-order valence-electron chi connectivity index (χ3n) is 1.98. The van der Waals surface area contributed by atoms with Gasteiger partial charge in [-0.2, -0.15) is 0 Å². The van der Waals surface area contributed by atoms with E-state index in [1.165, 1.54) is 0 Å². The fourth-order valence-electron chi connectivity index (χ4n) is 1.28. The highest BCUT2D eigenvalue weighted by Gasteiger charge is 1.96. The van der Waals surface area contributed by atoms with Crippen molar-refractivity contribution in [1.82, 2.24) is 0 Å². The number of rotatable bonds is 4. The molecule has 0 saturated carbocycles. The minimum Gasteiger partial charge on any atom is -0.496 e. The first kappa shape index (κ1) is 11.1. The van der Waals surface area contributed by atoms with Crippen LogP contribution in [0.15, 0.2) is 29.4 Å². The SMILES string of the molecule is COc1ccc(C=CCN=[N+]=[N-])cc1C. The quantitative estimate of drug-likeness (QED) is 0.420. The van der Waals surface area contributed by atoms with E-state index in [1.54, 1.807) is 7.11 Å². The number of azide groups is 1. The van der Waals surface area contributed by atoms with Crippen molar-refractivity contribution in [1.29, 1.82) is 0 Å². The summed E-state index contributed by atoms with van der Waals surface area (Å²) in [7, 11) is 1.65. The van der Waals surface area contributed by atoms with E-state index in [0.717, 1.165) is 16.9 Å². The number of hydrogen-bond acceptors (Lipinski definition) is 2. The molecule has 0 saturated heterocycles. The molecule has 15 heavy (non-hydrogen) atoms. The van der Waals surface area contributed by atoms with Gasteiger partial charge in [-0.3, -0.25) is 0 Å². The molecular weight excluding hydrogens is 190 g/mol. The Balaban J connectivity index is 2.75. The van der Waals surface area contributed by atoms with E-state index in [4.69, 9.17) is 10.3 Å². The lowest BCUT2D eigenvalue weighted by Crippen LogP contribution is -1.86. The Morgan fingerprint density at radius 2 is 2.33 bits per heavy atom. The Morgan fingerprint density at radius 1 is 1.53 bits per heavy atom. The van der Waals surface area contributed by atoms with Gasteiger partial charge in [0.15, 0.2) is 0 Å². The highest BCUT2D eigenvalue weighted by molar-refractivity contribution is 5.53. The fourth-order valence-corrected chi connectivity index (χ4v) is 1.28. The summed E-state index contributed by atoms with van der Waals surface area (Å²) >= 11 is 0. The second-order valence-corrected chi connectivity index (χ2v) is 3.04. The van der Waals surface area contributed by atoms with E-state index in [1.807, 2.05) is 37.3 Å². The molecule has 0 aliphatic rings. The second-order valence-electron chi connectivity index (χ2n) is 3.04.